The van der Waals surface area contributed by atoms with Crippen LogP contribution in [0.2, 0.25) is 0 Å². The van der Waals surface area contributed by atoms with Gasteiger partial charge in [-0.1, -0.05) is 29.8 Å². The van der Waals surface area contributed by atoms with Gasteiger partial charge in [0.1, 0.15) is 5.76 Å². The summed E-state index contributed by atoms with van der Waals surface area (Å²) in [4.78, 5) is 12.9. The van der Waals surface area contributed by atoms with Crippen molar-refractivity contribution >= 4 is 31.9 Å². The number of hydrogen-bond donors (Lipinski definition) is 3. The Kier molecular flexibility index (Phi) is 8.37. The zero-order valence-corrected chi connectivity index (χ0v) is 25.8. The van der Waals surface area contributed by atoms with Crippen LogP contribution < -0.4 is 0 Å². The summed E-state index contributed by atoms with van der Waals surface area (Å²) in [5, 5.41) is 9.61. The molecule has 0 radical (unpaired) electrons. The lowest BCUT2D eigenvalue weighted by atomic mass is 9.98. The number of nitrogens with zero attached hydrogens (tertiary/aromatic N) is 4. The molecular formula is C33H36N6O4S. The van der Waals surface area contributed by atoms with E-state index >= 15 is 0 Å². The molecule has 3 aromatic heterocycles. The highest BCUT2D eigenvalue weighted by Crippen LogP contribution is 2.36. The number of oxazole rings is 1. The van der Waals surface area contributed by atoms with Gasteiger partial charge < -0.3 is 9.40 Å². The van der Waals surface area contributed by atoms with E-state index in [4.69, 9.17) is 8.97 Å². The molecule has 1 fully saturated rings. The molecule has 228 valence electrons. The second kappa shape index (κ2) is 12.4. The van der Waals surface area contributed by atoms with Crippen LogP contribution in [0.1, 0.15) is 25.2 Å². The maximum Gasteiger partial charge on any atom is 0.294 e. The smallest absolute Gasteiger partial charge is 0.294 e. The van der Waals surface area contributed by atoms with Crippen molar-refractivity contribution in [2.24, 2.45) is 0 Å². The molecule has 11 heteroatoms. The third-order valence-electron chi connectivity index (χ3n) is 8.08. The molecule has 1 aliphatic heterocycles. The Hall–Kier alpha value is -4.29. The van der Waals surface area contributed by atoms with Crippen molar-refractivity contribution in [2.45, 2.75) is 38.3 Å². The van der Waals surface area contributed by atoms with Crippen molar-refractivity contribution in [3.63, 3.8) is 0 Å². The van der Waals surface area contributed by atoms with Crippen LogP contribution in [0, 0.1) is 6.92 Å². The Balaban J connectivity index is 0.000000265. The van der Waals surface area contributed by atoms with E-state index in [9.17, 15) is 8.42 Å². The monoisotopic (exact) mass is 612 g/mol. The number of aromatic nitrogens is 4. The van der Waals surface area contributed by atoms with Gasteiger partial charge in [0.25, 0.3) is 10.1 Å². The van der Waals surface area contributed by atoms with Crippen LogP contribution in [0.5, 0.6) is 0 Å². The number of fused-ring (bicyclic) bond motifs is 2. The van der Waals surface area contributed by atoms with Gasteiger partial charge in [-0.2, -0.15) is 13.5 Å². The Bertz CT molecular complexity index is 1980. The standard InChI is InChI=1S/C26H28N6O.C7H8O3S/c1-17(2)32-10-8-31(9-11-32)16-19-14-28-26(33-19)22-12-18(13-25-23(22)15-29-30-25)20-4-3-5-24-21(20)6-7-27-24;1-6-2-4-7(5-3-6)11(8,9)10/h3-7,12-15,17,27H,8-11,16H2,1-2H3,(H,29,30);2-5H,1H3,(H,8,9,10). The van der Waals surface area contributed by atoms with Gasteiger partial charge in [-0.3, -0.25) is 19.5 Å². The van der Waals surface area contributed by atoms with Crippen molar-refractivity contribution in [1.82, 2.24) is 30.0 Å². The predicted molar refractivity (Wildman–Crippen MR) is 172 cm³/mol. The fraction of sp³-hybridized carbons (Fsp3) is 0.273. The first kappa shape index (κ1) is 29.8. The summed E-state index contributed by atoms with van der Waals surface area (Å²) < 4.78 is 35.8. The summed E-state index contributed by atoms with van der Waals surface area (Å²) in [5.41, 5.74) is 6.28. The molecule has 7 rings (SSSR count). The van der Waals surface area contributed by atoms with E-state index in [0.717, 1.165) is 71.6 Å². The minimum absolute atomic E-state index is 0.0666. The van der Waals surface area contributed by atoms with Crippen molar-refractivity contribution in [3.05, 3.63) is 90.6 Å². The van der Waals surface area contributed by atoms with E-state index in [1.54, 1.807) is 12.1 Å². The SMILES string of the molecule is CC(C)N1CCN(Cc2cnc(-c3cc(-c4cccc5[nH]ccc45)cc4[nH]ncc34)o2)CC1.Cc1ccc(S(=O)(=O)O)cc1. The number of aromatic amines is 2. The molecule has 3 N–H and O–H groups in total. The fourth-order valence-corrected chi connectivity index (χ4v) is 6.07. The predicted octanol–water partition coefficient (Wildman–Crippen LogP) is 6.13. The highest BCUT2D eigenvalue weighted by atomic mass is 32.2. The van der Waals surface area contributed by atoms with E-state index < -0.39 is 10.1 Å². The average molecular weight is 613 g/mol. The normalized spacial score (nSPS) is 14.8. The highest BCUT2D eigenvalue weighted by molar-refractivity contribution is 7.85. The van der Waals surface area contributed by atoms with Gasteiger partial charge in [0.15, 0.2) is 0 Å². The summed E-state index contributed by atoms with van der Waals surface area (Å²) in [6, 6.07) is 19.3. The molecule has 0 amide bonds. The molecule has 3 aromatic carbocycles. The molecule has 4 heterocycles. The molecule has 1 saturated heterocycles. The number of piperazine rings is 1. The van der Waals surface area contributed by atoms with Gasteiger partial charge in [0.2, 0.25) is 5.89 Å². The number of H-pyrrole nitrogens is 2. The quantitative estimate of drug-likeness (QED) is 0.191. The number of aryl methyl sites for hydroxylation is 1. The van der Waals surface area contributed by atoms with Crippen molar-refractivity contribution in [1.29, 1.82) is 0 Å². The van der Waals surface area contributed by atoms with Gasteiger partial charge in [-0.15, -0.1) is 0 Å². The topological polar surface area (TPSA) is 131 Å². The molecule has 0 bridgehead atoms. The van der Waals surface area contributed by atoms with Crippen LogP contribution in [-0.4, -0.2) is 75.2 Å². The number of nitrogens with one attached hydrogen (secondary N) is 2. The zero-order valence-electron chi connectivity index (χ0n) is 25.0. The van der Waals surface area contributed by atoms with Crippen LogP contribution in [0.15, 0.2) is 88.6 Å². The Morgan fingerprint density at radius 3 is 2.43 bits per heavy atom. The Morgan fingerprint density at radius 2 is 1.70 bits per heavy atom. The lowest BCUT2D eigenvalue weighted by Crippen LogP contribution is -2.48. The van der Waals surface area contributed by atoms with Gasteiger partial charge in [0, 0.05) is 60.3 Å². The van der Waals surface area contributed by atoms with Crippen molar-refractivity contribution in [2.75, 3.05) is 26.2 Å². The molecular weight excluding hydrogens is 576 g/mol. The Labute approximate surface area is 256 Å². The third kappa shape index (κ3) is 6.46. The minimum Gasteiger partial charge on any atom is -0.440 e. The van der Waals surface area contributed by atoms with Gasteiger partial charge in [-0.05, 0) is 68.3 Å². The lowest BCUT2D eigenvalue weighted by Gasteiger charge is -2.36. The molecule has 1 aliphatic rings. The van der Waals surface area contributed by atoms with E-state index in [1.165, 1.54) is 23.1 Å². The maximum absolute atomic E-state index is 10.5. The largest absolute Gasteiger partial charge is 0.440 e. The molecule has 0 unspecified atom stereocenters. The summed E-state index contributed by atoms with van der Waals surface area (Å²) in [6.45, 7) is 11.5. The van der Waals surface area contributed by atoms with Crippen LogP contribution >= 0.6 is 0 Å². The first-order valence-corrected chi connectivity index (χ1v) is 16.1. The van der Waals surface area contributed by atoms with Crippen LogP contribution in [-0.2, 0) is 16.7 Å². The lowest BCUT2D eigenvalue weighted by molar-refractivity contribution is 0.0992. The summed E-state index contributed by atoms with van der Waals surface area (Å²) >= 11 is 0. The third-order valence-corrected chi connectivity index (χ3v) is 8.95. The fourth-order valence-electron chi connectivity index (χ4n) is 5.59. The summed E-state index contributed by atoms with van der Waals surface area (Å²) in [6.07, 6.45) is 5.70. The molecule has 44 heavy (non-hydrogen) atoms. The number of hydrogen-bond acceptors (Lipinski definition) is 7. The Morgan fingerprint density at radius 1 is 0.932 bits per heavy atom. The van der Waals surface area contributed by atoms with Gasteiger partial charge >= 0.3 is 0 Å². The van der Waals surface area contributed by atoms with Crippen LogP contribution in [0.3, 0.4) is 0 Å². The van der Waals surface area contributed by atoms with Gasteiger partial charge in [-0.25, -0.2) is 4.98 Å². The second-order valence-corrected chi connectivity index (χ2v) is 12.8. The average Bonchev–Trinajstić information content (AvgIpc) is 3.78. The van der Waals surface area contributed by atoms with Gasteiger partial charge in [0.05, 0.1) is 29.4 Å². The minimum atomic E-state index is -4.02. The second-order valence-electron chi connectivity index (χ2n) is 11.4. The first-order valence-electron chi connectivity index (χ1n) is 14.6. The molecule has 6 aromatic rings. The molecule has 0 atom stereocenters. The van der Waals surface area contributed by atoms with Crippen molar-refractivity contribution < 1.29 is 17.4 Å². The zero-order chi connectivity index (χ0) is 30.8. The molecule has 0 saturated carbocycles. The number of benzene rings is 3. The summed E-state index contributed by atoms with van der Waals surface area (Å²) in [5.74, 6) is 1.54. The molecule has 0 aliphatic carbocycles. The van der Waals surface area contributed by atoms with Crippen LogP contribution in [0.25, 0.3) is 44.4 Å². The van der Waals surface area contributed by atoms with E-state index in [-0.39, 0.29) is 4.90 Å². The number of rotatable bonds is 6. The molecule has 10 nitrogen and oxygen atoms in total. The van der Waals surface area contributed by atoms with Crippen molar-refractivity contribution in [3.8, 4) is 22.6 Å². The maximum atomic E-state index is 10.5. The van der Waals surface area contributed by atoms with E-state index in [0.29, 0.717) is 11.9 Å². The van der Waals surface area contributed by atoms with E-state index in [2.05, 4.69) is 80.2 Å². The summed E-state index contributed by atoms with van der Waals surface area (Å²) in [7, 11) is -4.02. The highest BCUT2D eigenvalue weighted by Gasteiger charge is 2.21. The first-order chi connectivity index (χ1) is 21.2. The van der Waals surface area contributed by atoms with Crippen LogP contribution in [0.4, 0.5) is 0 Å². The molecule has 0 spiro atoms. The van der Waals surface area contributed by atoms with E-state index in [1.807, 2.05) is 25.5 Å².